The van der Waals surface area contributed by atoms with Crippen molar-refractivity contribution in [2.75, 3.05) is 6.54 Å². The Morgan fingerprint density at radius 2 is 1.90 bits per heavy atom. The SMILES string of the molecule is CCC1(C)CC(N)CN1Cc1ccc2c(c1)C(=O)N(C1CCC(=O)NC1=O)C2=O. The van der Waals surface area contributed by atoms with Crippen molar-refractivity contribution >= 4 is 23.6 Å². The minimum atomic E-state index is -0.941. The first-order valence-corrected chi connectivity index (χ1v) is 10.1. The zero-order valence-corrected chi connectivity index (χ0v) is 16.7. The molecule has 29 heavy (non-hydrogen) atoms. The number of amides is 4. The average Bonchev–Trinajstić information content (AvgIpc) is 3.09. The highest BCUT2D eigenvalue weighted by Crippen LogP contribution is 2.34. The lowest BCUT2D eigenvalue weighted by Crippen LogP contribution is -2.54. The molecule has 2 fully saturated rings. The zero-order valence-electron chi connectivity index (χ0n) is 16.7. The lowest BCUT2D eigenvalue weighted by Gasteiger charge is -2.34. The summed E-state index contributed by atoms with van der Waals surface area (Å²) in [6, 6.07) is 4.46. The molecule has 3 N–H and O–H groups in total. The summed E-state index contributed by atoms with van der Waals surface area (Å²) in [4.78, 5) is 52.7. The Kier molecular flexibility index (Phi) is 4.78. The molecule has 3 atom stereocenters. The molecule has 0 bridgehead atoms. The Morgan fingerprint density at radius 1 is 1.17 bits per heavy atom. The van der Waals surface area contributed by atoms with Crippen LogP contribution >= 0.6 is 0 Å². The van der Waals surface area contributed by atoms with E-state index in [4.69, 9.17) is 5.73 Å². The van der Waals surface area contributed by atoms with Crippen LogP contribution in [0.4, 0.5) is 0 Å². The van der Waals surface area contributed by atoms with Gasteiger partial charge in [-0.05, 0) is 43.9 Å². The molecule has 3 heterocycles. The fraction of sp³-hybridized carbons (Fsp3) is 0.524. The van der Waals surface area contributed by atoms with Gasteiger partial charge < -0.3 is 5.73 Å². The molecular formula is C21H26N4O4. The molecule has 3 aliphatic heterocycles. The minimum Gasteiger partial charge on any atom is -0.326 e. The molecule has 0 aromatic heterocycles. The van der Waals surface area contributed by atoms with Crippen molar-refractivity contribution < 1.29 is 19.2 Å². The third-order valence-corrected chi connectivity index (χ3v) is 6.56. The Bertz CT molecular complexity index is 914. The van der Waals surface area contributed by atoms with Crippen molar-refractivity contribution in [1.29, 1.82) is 0 Å². The number of rotatable bonds is 4. The number of hydrogen-bond acceptors (Lipinski definition) is 6. The number of likely N-dealkylation sites (tertiary alicyclic amines) is 1. The number of carbonyl (C=O) groups excluding carboxylic acids is 4. The summed E-state index contributed by atoms with van der Waals surface area (Å²) in [6.45, 7) is 5.78. The molecule has 3 aliphatic rings. The zero-order chi connectivity index (χ0) is 20.9. The summed E-state index contributed by atoms with van der Waals surface area (Å²) in [5.41, 5.74) is 7.74. The van der Waals surface area contributed by atoms with Gasteiger partial charge in [0.05, 0.1) is 11.1 Å². The van der Waals surface area contributed by atoms with E-state index in [2.05, 4.69) is 24.1 Å². The van der Waals surface area contributed by atoms with E-state index in [9.17, 15) is 19.2 Å². The number of nitrogens with one attached hydrogen (secondary N) is 1. The van der Waals surface area contributed by atoms with Crippen molar-refractivity contribution in [2.24, 2.45) is 5.73 Å². The van der Waals surface area contributed by atoms with E-state index in [0.29, 0.717) is 17.7 Å². The van der Waals surface area contributed by atoms with Crippen molar-refractivity contribution in [3.8, 4) is 0 Å². The molecule has 0 aliphatic carbocycles. The van der Waals surface area contributed by atoms with Crippen LogP contribution in [-0.2, 0) is 16.1 Å². The van der Waals surface area contributed by atoms with Crippen LogP contribution in [0, 0.1) is 0 Å². The third kappa shape index (κ3) is 3.26. The van der Waals surface area contributed by atoms with Crippen LogP contribution < -0.4 is 11.1 Å². The number of imide groups is 2. The Morgan fingerprint density at radius 3 is 2.59 bits per heavy atom. The standard InChI is InChI=1S/C21H26N4O4/c1-3-21(2)9-13(22)11-24(21)10-12-4-5-14-15(8-12)20(29)25(19(14)28)16-6-7-17(26)23-18(16)27/h4-5,8,13,16H,3,6-7,9-11,22H2,1-2H3,(H,23,26,27). The van der Waals surface area contributed by atoms with Crippen molar-refractivity contribution in [2.45, 2.75) is 63.7 Å². The van der Waals surface area contributed by atoms with Gasteiger partial charge in [0.2, 0.25) is 11.8 Å². The van der Waals surface area contributed by atoms with E-state index >= 15 is 0 Å². The van der Waals surface area contributed by atoms with Gasteiger partial charge in [-0.3, -0.25) is 34.3 Å². The van der Waals surface area contributed by atoms with Crippen LogP contribution in [0.5, 0.6) is 0 Å². The van der Waals surface area contributed by atoms with Crippen molar-refractivity contribution in [3.05, 3.63) is 34.9 Å². The van der Waals surface area contributed by atoms with Crippen LogP contribution in [0.3, 0.4) is 0 Å². The van der Waals surface area contributed by atoms with Crippen LogP contribution in [0.1, 0.15) is 65.8 Å². The van der Waals surface area contributed by atoms with E-state index < -0.39 is 23.8 Å². The second kappa shape index (κ2) is 7.03. The molecule has 8 nitrogen and oxygen atoms in total. The van der Waals surface area contributed by atoms with Gasteiger partial charge in [-0.2, -0.15) is 0 Å². The molecular weight excluding hydrogens is 372 g/mol. The second-order valence-corrected chi connectivity index (χ2v) is 8.52. The number of fused-ring (bicyclic) bond motifs is 1. The Balaban J connectivity index is 1.58. The largest absolute Gasteiger partial charge is 0.326 e. The first-order chi connectivity index (χ1) is 13.7. The average molecular weight is 398 g/mol. The molecule has 4 amide bonds. The fourth-order valence-electron chi connectivity index (χ4n) is 4.72. The predicted octanol–water partition coefficient (Wildman–Crippen LogP) is 0.790. The number of hydrogen-bond donors (Lipinski definition) is 2. The van der Waals surface area contributed by atoms with Gasteiger partial charge in [0.1, 0.15) is 6.04 Å². The van der Waals surface area contributed by atoms with Gasteiger partial charge in [0, 0.05) is 31.1 Å². The Labute approximate surface area is 169 Å². The highest BCUT2D eigenvalue weighted by molar-refractivity contribution is 6.23. The highest BCUT2D eigenvalue weighted by Gasteiger charge is 2.45. The highest BCUT2D eigenvalue weighted by atomic mass is 16.2. The van der Waals surface area contributed by atoms with Crippen LogP contribution in [0.15, 0.2) is 18.2 Å². The molecule has 154 valence electrons. The topological polar surface area (TPSA) is 113 Å². The van der Waals surface area contributed by atoms with Crippen LogP contribution in [-0.4, -0.2) is 57.6 Å². The summed E-state index contributed by atoms with van der Waals surface area (Å²) in [7, 11) is 0. The van der Waals surface area contributed by atoms with Gasteiger partial charge in [0.25, 0.3) is 11.8 Å². The molecule has 0 saturated carbocycles. The van der Waals surface area contributed by atoms with E-state index in [1.54, 1.807) is 12.1 Å². The smallest absolute Gasteiger partial charge is 0.262 e. The molecule has 4 rings (SSSR count). The van der Waals surface area contributed by atoms with Crippen LogP contribution in [0.25, 0.3) is 0 Å². The molecule has 1 aromatic carbocycles. The van der Waals surface area contributed by atoms with E-state index in [-0.39, 0.29) is 30.3 Å². The number of benzene rings is 1. The molecule has 3 unspecified atom stereocenters. The normalized spacial score (nSPS) is 30.1. The van der Waals surface area contributed by atoms with Gasteiger partial charge in [-0.25, -0.2) is 0 Å². The van der Waals surface area contributed by atoms with E-state index in [1.165, 1.54) is 0 Å². The van der Waals surface area contributed by atoms with Crippen molar-refractivity contribution in [3.63, 3.8) is 0 Å². The van der Waals surface area contributed by atoms with Crippen molar-refractivity contribution in [1.82, 2.24) is 15.1 Å². The number of nitrogens with zero attached hydrogens (tertiary/aromatic N) is 2. The van der Waals surface area contributed by atoms with E-state index in [1.807, 2.05) is 6.07 Å². The van der Waals surface area contributed by atoms with E-state index in [0.717, 1.165) is 29.8 Å². The summed E-state index contributed by atoms with van der Waals surface area (Å²) in [6.07, 6.45) is 2.17. The number of piperidine rings is 1. The summed E-state index contributed by atoms with van der Waals surface area (Å²) in [5.74, 6) is -1.93. The summed E-state index contributed by atoms with van der Waals surface area (Å²) in [5, 5.41) is 2.21. The number of carbonyl (C=O) groups is 4. The maximum absolute atomic E-state index is 13.0. The summed E-state index contributed by atoms with van der Waals surface area (Å²) < 4.78 is 0. The molecule has 0 spiro atoms. The minimum absolute atomic E-state index is 0.0109. The predicted molar refractivity (Wildman–Crippen MR) is 105 cm³/mol. The first kappa shape index (κ1) is 19.7. The lowest BCUT2D eigenvalue weighted by atomic mass is 9.94. The number of nitrogens with two attached hydrogens (primary N) is 1. The Hall–Kier alpha value is -2.58. The molecule has 2 saturated heterocycles. The second-order valence-electron chi connectivity index (χ2n) is 8.52. The van der Waals surface area contributed by atoms with Gasteiger partial charge in [-0.15, -0.1) is 0 Å². The molecule has 1 aromatic rings. The van der Waals surface area contributed by atoms with Gasteiger partial charge >= 0.3 is 0 Å². The fourth-order valence-corrected chi connectivity index (χ4v) is 4.72. The maximum Gasteiger partial charge on any atom is 0.262 e. The molecule has 0 radical (unpaired) electrons. The lowest BCUT2D eigenvalue weighted by molar-refractivity contribution is -0.136. The third-order valence-electron chi connectivity index (χ3n) is 6.56. The molecule has 8 heteroatoms. The van der Waals surface area contributed by atoms with Crippen LogP contribution in [0.2, 0.25) is 0 Å². The summed E-state index contributed by atoms with van der Waals surface area (Å²) >= 11 is 0. The van der Waals surface area contributed by atoms with Gasteiger partial charge in [0.15, 0.2) is 0 Å². The maximum atomic E-state index is 13.0. The quantitative estimate of drug-likeness (QED) is 0.725. The monoisotopic (exact) mass is 398 g/mol. The first-order valence-electron chi connectivity index (χ1n) is 10.1. The van der Waals surface area contributed by atoms with Gasteiger partial charge in [-0.1, -0.05) is 13.0 Å².